The summed E-state index contributed by atoms with van der Waals surface area (Å²) in [6, 6.07) is 9.99. The lowest BCUT2D eigenvalue weighted by atomic mass is 9.74. The van der Waals surface area contributed by atoms with Gasteiger partial charge in [-0.15, -0.1) is 0 Å². The van der Waals surface area contributed by atoms with Crippen molar-refractivity contribution >= 4 is 11.8 Å². The van der Waals surface area contributed by atoms with Gasteiger partial charge < -0.3 is 14.9 Å². The molecule has 1 aromatic rings. The third kappa shape index (κ3) is 4.09. The van der Waals surface area contributed by atoms with Crippen LogP contribution in [0.5, 0.6) is 0 Å². The normalized spacial score (nSPS) is 21.1. The maximum absolute atomic E-state index is 12.8. The van der Waals surface area contributed by atoms with E-state index in [1.165, 1.54) is 5.56 Å². The number of carbonyl (C=O) groups excluding carboxylic acids is 2. The zero-order valence-corrected chi connectivity index (χ0v) is 15.7. The van der Waals surface area contributed by atoms with E-state index in [2.05, 4.69) is 12.1 Å². The molecule has 1 N–H and O–H groups in total. The molecule has 0 radical (unpaired) electrons. The quantitative estimate of drug-likeness (QED) is 0.848. The highest BCUT2D eigenvalue weighted by Gasteiger charge is 2.38. The van der Waals surface area contributed by atoms with E-state index < -0.39 is 0 Å². The molecule has 5 nitrogen and oxygen atoms in total. The number of amides is 2. The topological polar surface area (TPSA) is 60.9 Å². The highest BCUT2D eigenvalue weighted by Crippen LogP contribution is 2.36. The van der Waals surface area contributed by atoms with E-state index in [0.29, 0.717) is 26.1 Å². The number of hydrogen-bond donors (Lipinski definition) is 1. The molecule has 2 fully saturated rings. The first-order chi connectivity index (χ1) is 12.5. The summed E-state index contributed by atoms with van der Waals surface area (Å²) in [6.07, 6.45) is 4.95. The van der Waals surface area contributed by atoms with Crippen molar-refractivity contribution in [3.05, 3.63) is 35.9 Å². The van der Waals surface area contributed by atoms with Gasteiger partial charge in [-0.2, -0.15) is 0 Å². The number of aryl methyl sites for hydroxylation is 1. The lowest BCUT2D eigenvalue weighted by molar-refractivity contribution is -0.144. The number of piperidine rings is 1. The van der Waals surface area contributed by atoms with Crippen molar-refractivity contribution in [3.8, 4) is 0 Å². The van der Waals surface area contributed by atoms with Crippen LogP contribution >= 0.6 is 0 Å². The Morgan fingerprint density at radius 1 is 1.19 bits per heavy atom. The van der Waals surface area contributed by atoms with Crippen molar-refractivity contribution in [2.45, 2.75) is 51.5 Å². The summed E-state index contributed by atoms with van der Waals surface area (Å²) in [5, 5.41) is 10.0. The molecular weight excluding hydrogens is 328 g/mol. The number of rotatable bonds is 6. The Labute approximate surface area is 156 Å². The molecule has 3 rings (SSSR count). The third-order valence-electron chi connectivity index (χ3n) is 6.19. The minimum absolute atomic E-state index is 0.0508. The average molecular weight is 358 g/mol. The van der Waals surface area contributed by atoms with E-state index in [9.17, 15) is 14.7 Å². The van der Waals surface area contributed by atoms with Crippen LogP contribution in [-0.2, 0) is 16.0 Å². The van der Waals surface area contributed by atoms with Gasteiger partial charge in [0.25, 0.3) is 0 Å². The lowest BCUT2D eigenvalue weighted by Crippen LogP contribution is -2.52. The fourth-order valence-corrected chi connectivity index (χ4v) is 4.22. The fraction of sp³-hybridized carbons (Fsp3) is 0.619. The Hall–Kier alpha value is -1.88. The summed E-state index contributed by atoms with van der Waals surface area (Å²) < 4.78 is 0. The molecule has 142 valence electrons. The first-order valence-electron chi connectivity index (χ1n) is 9.78. The molecule has 2 aliphatic heterocycles. The summed E-state index contributed by atoms with van der Waals surface area (Å²) in [6.45, 7) is 4.04. The standard InChI is InChI=1S/C21H30N2O3/c1-17(23-13-5-8-19(23)25)20(26)22-14-11-21(16-24,12-15-22)10-9-18-6-3-2-4-7-18/h2-4,6-7,17,24H,5,8-16H2,1H3. The molecule has 2 saturated heterocycles. The smallest absolute Gasteiger partial charge is 0.245 e. The molecule has 0 saturated carbocycles. The number of aliphatic hydroxyl groups excluding tert-OH is 1. The highest BCUT2D eigenvalue weighted by molar-refractivity contribution is 5.88. The molecule has 1 atom stereocenters. The second kappa shape index (κ2) is 8.21. The molecular formula is C21H30N2O3. The molecule has 0 aromatic heterocycles. The van der Waals surface area contributed by atoms with Gasteiger partial charge >= 0.3 is 0 Å². The largest absolute Gasteiger partial charge is 0.396 e. The van der Waals surface area contributed by atoms with Crippen molar-refractivity contribution in [1.82, 2.24) is 9.80 Å². The minimum atomic E-state index is -0.365. The van der Waals surface area contributed by atoms with Crippen molar-refractivity contribution in [2.75, 3.05) is 26.2 Å². The van der Waals surface area contributed by atoms with Crippen LogP contribution in [0.3, 0.4) is 0 Å². The van der Waals surface area contributed by atoms with Gasteiger partial charge in [-0.3, -0.25) is 9.59 Å². The average Bonchev–Trinajstić information content (AvgIpc) is 3.12. The predicted molar refractivity (Wildman–Crippen MR) is 101 cm³/mol. The number of benzene rings is 1. The number of carbonyl (C=O) groups is 2. The second-order valence-corrected chi connectivity index (χ2v) is 7.84. The maximum atomic E-state index is 12.8. The van der Waals surface area contributed by atoms with Crippen LogP contribution in [-0.4, -0.2) is 59.0 Å². The van der Waals surface area contributed by atoms with E-state index in [1.54, 1.807) is 4.90 Å². The van der Waals surface area contributed by atoms with Gasteiger partial charge in [-0.1, -0.05) is 30.3 Å². The molecule has 0 bridgehead atoms. The van der Waals surface area contributed by atoms with Crippen molar-refractivity contribution < 1.29 is 14.7 Å². The Kier molecular flexibility index (Phi) is 5.97. The summed E-state index contributed by atoms with van der Waals surface area (Å²) in [7, 11) is 0. The number of aliphatic hydroxyl groups is 1. The van der Waals surface area contributed by atoms with E-state index in [0.717, 1.165) is 32.1 Å². The Balaban J connectivity index is 1.54. The number of likely N-dealkylation sites (tertiary alicyclic amines) is 2. The van der Waals surface area contributed by atoms with E-state index in [4.69, 9.17) is 0 Å². The van der Waals surface area contributed by atoms with Crippen LogP contribution in [0, 0.1) is 5.41 Å². The molecule has 2 amide bonds. The van der Waals surface area contributed by atoms with Crippen molar-refractivity contribution in [2.24, 2.45) is 5.41 Å². The SMILES string of the molecule is CC(C(=O)N1CCC(CO)(CCc2ccccc2)CC1)N1CCCC1=O. The Morgan fingerprint density at radius 2 is 1.88 bits per heavy atom. The number of hydrogen-bond acceptors (Lipinski definition) is 3. The molecule has 1 aromatic carbocycles. The second-order valence-electron chi connectivity index (χ2n) is 7.84. The first kappa shape index (κ1) is 18.9. The fourth-order valence-electron chi connectivity index (χ4n) is 4.22. The van der Waals surface area contributed by atoms with Gasteiger partial charge in [0.15, 0.2) is 0 Å². The van der Waals surface area contributed by atoms with E-state index >= 15 is 0 Å². The molecule has 5 heteroatoms. The zero-order valence-electron chi connectivity index (χ0n) is 15.7. The van der Waals surface area contributed by atoms with Gasteiger partial charge in [0.05, 0.1) is 0 Å². The molecule has 1 unspecified atom stereocenters. The maximum Gasteiger partial charge on any atom is 0.245 e. The summed E-state index contributed by atoms with van der Waals surface area (Å²) in [4.78, 5) is 28.3. The van der Waals surface area contributed by atoms with Gasteiger partial charge in [-0.25, -0.2) is 0 Å². The van der Waals surface area contributed by atoms with E-state index in [-0.39, 0.29) is 29.9 Å². The monoisotopic (exact) mass is 358 g/mol. The van der Waals surface area contributed by atoms with Gasteiger partial charge in [0, 0.05) is 32.7 Å². The zero-order chi connectivity index (χ0) is 18.6. The van der Waals surface area contributed by atoms with Gasteiger partial charge in [0.2, 0.25) is 11.8 Å². The summed E-state index contributed by atoms with van der Waals surface area (Å²) in [5.41, 5.74) is 1.19. The van der Waals surface area contributed by atoms with Crippen LogP contribution in [0.25, 0.3) is 0 Å². The molecule has 0 aliphatic carbocycles. The van der Waals surface area contributed by atoms with Crippen LogP contribution in [0.4, 0.5) is 0 Å². The minimum Gasteiger partial charge on any atom is -0.396 e. The summed E-state index contributed by atoms with van der Waals surface area (Å²) >= 11 is 0. The number of nitrogens with zero attached hydrogens (tertiary/aromatic N) is 2. The summed E-state index contributed by atoms with van der Waals surface area (Å²) in [5.74, 6) is 0.144. The van der Waals surface area contributed by atoms with Crippen LogP contribution in [0.1, 0.15) is 44.6 Å². The van der Waals surface area contributed by atoms with Gasteiger partial charge in [-0.05, 0) is 50.0 Å². The van der Waals surface area contributed by atoms with Gasteiger partial charge in [0.1, 0.15) is 6.04 Å². The first-order valence-corrected chi connectivity index (χ1v) is 9.78. The highest BCUT2D eigenvalue weighted by atomic mass is 16.3. The Bertz CT molecular complexity index is 623. The third-order valence-corrected chi connectivity index (χ3v) is 6.19. The van der Waals surface area contributed by atoms with Crippen LogP contribution < -0.4 is 0 Å². The molecule has 2 aliphatic rings. The Morgan fingerprint density at radius 3 is 2.46 bits per heavy atom. The lowest BCUT2D eigenvalue weighted by Gasteiger charge is -2.42. The predicted octanol–water partition coefficient (Wildman–Crippen LogP) is 2.23. The van der Waals surface area contributed by atoms with Crippen LogP contribution in [0.2, 0.25) is 0 Å². The van der Waals surface area contributed by atoms with Crippen molar-refractivity contribution in [1.29, 1.82) is 0 Å². The van der Waals surface area contributed by atoms with Crippen LogP contribution in [0.15, 0.2) is 30.3 Å². The van der Waals surface area contributed by atoms with E-state index in [1.807, 2.05) is 30.0 Å². The molecule has 0 spiro atoms. The molecule has 26 heavy (non-hydrogen) atoms. The molecule has 2 heterocycles. The van der Waals surface area contributed by atoms with Crippen molar-refractivity contribution in [3.63, 3.8) is 0 Å².